The van der Waals surface area contributed by atoms with E-state index >= 15 is 0 Å². The summed E-state index contributed by atoms with van der Waals surface area (Å²) >= 11 is 0. The van der Waals surface area contributed by atoms with Crippen molar-refractivity contribution in [1.29, 1.82) is 5.26 Å². The fourth-order valence-corrected chi connectivity index (χ4v) is 1.98. The lowest BCUT2D eigenvalue weighted by Gasteiger charge is -2.27. The number of rotatable bonds is 1. The van der Waals surface area contributed by atoms with Crippen LogP contribution in [0.4, 0.5) is 13.2 Å². The zero-order chi connectivity index (χ0) is 14.8. The Hall–Kier alpha value is -2.29. The highest BCUT2D eigenvalue weighted by Gasteiger charge is 2.35. The number of alkyl halides is 3. The number of halogens is 3. The van der Waals surface area contributed by atoms with E-state index in [0.29, 0.717) is 11.1 Å². The molecule has 3 nitrogen and oxygen atoms in total. The van der Waals surface area contributed by atoms with E-state index in [1.54, 1.807) is 0 Å². The highest BCUT2D eigenvalue weighted by Crippen LogP contribution is 2.30. The molecule has 20 heavy (non-hydrogen) atoms. The van der Waals surface area contributed by atoms with Crippen LogP contribution in [0.3, 0.4) is 0 Å². The summed E-state index contributed by atoms with van der Waals surface area (Å²) in [6.45, 7) is -0.00213. The predicted octanol–water partition coefficient (Wildman–Crippen LogP) is 2.89. The Bertz CT molecular complexity index is 582. The molecule has 0 radical (unpaired) electrons. The molecule has 1 heterocycles. The first-order valence-corrected chi connectivity index (χ1v) is 5.97. The van der Waals surface area contributed by atoms with Crippen molar-refractivity contribution >= 4 is 5.91 Å². The smallest absolute Gasteiger partial charge is 0.335 e. The van der Waals surface area contributed by atoms with Crippen LogP contribution in [0, 0.1) is 11.3 Å². The van der Waals surface area contributed by atoms with E-state index in [-0.39, 0.29) is 25.4 Å². The zero-order valence-corrected chi connectivity index (χ0v) is 10.4. The lowest BCUT2D eigenvalue weighted by Crippen LogP contribution is -2.36. The molecule has 1 aliphatic rings. The summed E-state index contributed by atoms with van der Waals surface area (Å²) in [5, 5.41) is 8.66. The maximum atomic E-state index is 12.5. The molecule has 0 aromatic heterocycles. The number of hydrogen-bond acceptors (Lipinski definition) is 2. The van der Waals surface area contributed by atoms with Crippen LogP contribution in [-0.2, 0) is 0 Å². The van der Waals surface area contributed by atoms with Crippen molar-refractivity contribution in [2.24, 2.45) is 0 Å². The number of amides is 1. The molecule has 2 rings (SSSR count). The topological polar surface area (TPSA) is 44.1 Å². The molecule has 1 aromatic rings. The summed E-state index contributed by atoms with van der Waals surface area (Å²) in [6.07, 6.45) is -3.46. The molecule has 0 aliphatic carbocycles. The van der Waals surface area contributed by atoms with Crippen LogP contribution in [0.2, 0.25) is 0 Å². The predicted molar refractivity (Wildman–Crippen MR) is 65.8 cm³/mol. The van der Waals surface area contributed by atoms with E-state index < -0.39 is 11.7 Å². The van der Waals surface area contributed by atoms with E-state index in [1.165, 1.54) is 29.2 Å². The van der Waals surface area contributed by atoms with Crippen molar-refractivity contribution in [3.8, 4) is 6.07 Å². The minimum Gasteiger partial charge on any atom is -0.335 e. The fourth-order valence-electron chi connectivity index (χ4n) is 1.98. The Morgan fingerprint density at radius 1 is 1.25 bits per heavy atom. The van der Waals surface area contributed by atoms with Crippen LogP contribution in [-0.4, -0.2) is 30.1 Å². The van der Waals surface area contributed by atoms with Gasteiger partial charge in [-0.15, -0.1) is 0 Å². The van der Waals surface area contributed by atoms with Gasteiger partial charge in [0.25, 0.3) is 5.91 Å². The number of nitrogens with zero attached hydrogens (tertiary/aromatic N) is 2. The van der Waals surface area contributed by atoms with Gasteiger partial charge in [0.2, 0.25) is 0 Å². The van der Waals surface area contributed by atoms with Crippen LogP contribution in [0.1, 0.15) is 22.3 Å². The van der Waals surface area contributed by atoms with Gasteiger partial charge in [-0.1, -0.05) is 6.08 Å². The SMILES string of the molecule is N#Cc1ccc(C(=O)N2CC=C(C(F)(F)F)CC2)cc1. The first-order valence-electron chi connectivity index (χ1n) is 5.97. The quantitative estimate of drug-likeness (QED) is 0.742. The average Bonchev–Trinajstić information content (AvgIpc) is 2.46. The normalized spacial score (nSPS) is 15.5. The Morgan fingerprint density at radius 3 is 2.35 bits per heavy atom. The summed E-state index contributed by atoms with van der Waals surface area (Å²) in [7, 11) is 0. The largest absolute Gasteiger partial charge is 0.412 e. The van der Waals surface area contributed by atoms with Crippen molar-refractivity contribution in [1.82, 2.24) is 4.90 Å². The molecule has 1 aliphatic heterocycles. The van der Waals surface area contributed by atoms with E-state index in [1.807, 2.05) is 6.07 Å². The molecule has 1 aromatic carbocycles. The van der Waals surface area contributed by atoms with Crippen molar-refractivity contribution in [3.05, 3.63) is 47.0 Å². The van der Waals surface area contributed by atoms with Crippen LogP contribution in [0.25, 0.3) is 0 Å². The molecule has 6 heteroatoms. The second-order valence-electron chi connectivity index (χ2n) is 4.42. The maximum Gasteiger partial charge on any atom is 0.412 e. The molecular formula is C14H11F3N2O. The van der Waals surface area contributed by atoms with Crippen molar-refractivity contribution in [2.75, 3.05) is 13.1 Å². The molecule has 0 unspecified atom stereocenters. The second kappa shape index (κ2) is 5.37. The first-order chi connectivity index (χ1) is 9.41. The molecule has 1 amide bonds. The molecular weight excluding hydrogens is 269 g/mol. The Morgan fingerprint density at radius 2 is 1.90 bits per heavy atom. The molecule has 0 bridgehead atoms. The zero-order valence-electron chi connectivity index (χ0n) is 10.4. The number of hydrogen-bond donors (Lipinski definition) is 0. The lowest BCUT2D eigenvalue weighted by molar-refractivity contribution is -0.0957. The van der Waals surface area contributed by atoms with E-state index in [2.05, 4.69) is 0 Å². The van der Waals surface area contributed by atoms with Gasteiger partial charge >= 0.3 is 6.18 Å². The van der Waals surface area contributed by atoms with Crippen LogP contribution < -0.4 is 0 Å². The van der Waals surface area contributed by atoms with Gasteiger partial charge in [-0.3, -0.25) is 4.79 Å². The number of nitriles is 1. The van der Waals surface area contributed by atoms with Gasteiger partial charge in [-0.2, -0.15) is 18.4 Å². The molecule has 0 fully saturated rings. The van der Waals surface area contributed by atoms with Crippen LogP contribution in [0.5, 0.6) is 0 Å². The molecule has 104 valence electrons. The highest BCUT2D eigenvalue weighted by atomic mass is 19.4. The molecule has 0 N–H and O–H groups in total. The summed E-state index contributed by atoms with van der Waals surface area (Å²) in [5.74, 6) is -0.327. The monoisotopic (exact) mass is 280 g/mol. The number of carbonyl (C=O) groups excluding carboxylic acids is 1. The van der Waals surface area contributed by atoms with E-state index in [4.69, 9.17) is 5.26 Å². The number of carbonyl (C=O) groups is 1. The molecule has 0 saturated heterocycles. The van der Waals surface area contributed by atoms with Gasteiger partial charge in [0.1, 0.15) is 0 Å². The summed E-state index contributed by atoms with van der Waals surface area (Å²) in [5.41, 5.74) is 0.216. The van der Waals surface area contributed by atoms with Crippen molar-refractivity contribution in [3.63, 3.8) is 0 Å². The average molecular weight is 280 g/mol. The van der Waals surface area contributed by atoms with Gasteiger partial charge in [-0.05, 0) is 30.7 Å². The third kappa shape index (κ3) is 2.99. The Kier molecular flexibility index (Phi) is 3.79. The van der Waals surface area contributed by atoms with Gasteiger partial charge < -0.3 is 4.90 Å². The summed E-state index contributed by atoms with van der Waals surface area (Å²) in [4.78, 5) is 13.4. The third-order valence-corrected chi connectivity index (χ3v) is 3.12. The standard InChI is InChI=1S/C14H11F3N2O/c15-14(16,17)12-5-7-19(8-6-12)13(20)11-3-1-10(9-18)2-4-11/h1-5H,6-8H2. The van der Waals surface area contributed by atoms with Gasteiger partial charge in [0.05, 0.1) is 11.6 Å². The van der Waals surface area contributed by atoms with E-state index in [9.17, 15) is 18.0 Å². The molecule has 0 atom stereocenters. The number of benzene rings is 1. The summed E-state index contributed by atoms with van der Waals surface area (Å²) < 4.78 is 37.4. The first kappa shape index (κ1) is 14.1. The summed E-state index contributed by atoms with van der Waals surface area (Å²) in [6, 6.07) is 7.96. The molecule has 0 saturated carbocycles. The van der Waals surface area contributed by atoms with Crippen molar-refractivity contribution < 1.29 is 18.0 Å². The van der Waals surface area contributed by atoms with Gasteiger partial charge in [0.15, 0.2) is 0 Å². The van der Waals surface area contributed by atoms with Crippen LogP contribution in [0.15, 0.2) is 35.9 Å². The fraction of sp³-hybridized carbons (Fsp3) is 0.286. The minimum atomic E-state index is -4.32. The Labute approximate surface area is 113 Å². The van der Waals surface area contributed by atoms with Gasteiger partial charge in [0, 0.05) is 24.2 Å². The minimum absolute atomic E-state index is 0.0458. The lowest BCUT2D eigenvalue weighted by atomic mass is 10.1. The van der Waals surface area contributed by atoms with Crippen LogP contribution >= 0.6 is 0 Å². The highest BCUT2D eigenvalue weighted by molar-refractivity contribution is 5.94. The third-order valence-electron chi connectivity index (χ3n) is 3.12. The maximum absolute atomic E-state index is 12.5. The van der Waals surface area contributed by atoms with Crippen molar-refractivity contribution in [2.45, 2.75) is 12.6 Å². The Balaban J connectivity index is 2.08. The second-order valence-corrected chi connectivity index (χ2v) is 4.42. The van der Waals surface area contributed by atoms with E-state index in [0.717, 1.165) is 6.08 Å². The van der Waals surface area contributed by atoms with Gasteiger partial charge in [-0.25, -0.2) is 0 Å². The molecule has 0 spiro atoms.